The summed E-state index contributed by atoms with van der Waals surface area (Å²) in [5, 5.41) is 8.96. The highest BCUT2D eigenvalue weighted by atomic mass is 32.2. The Hall–Kier alpha value is -5.13. The second-order valence-corrected chi connectivity index (χ2v) is 11.6. The van der Waals surface area contributed by atoms with Crippen LogP contribution in [-0.4, -0.2) is 42.2 Å². The quantitative estimate of drug-likeness (QED) is 0.101. The topological polar surface area (TPSA) is 119 Å². The van der Waals surface area contributed by atoms with Gasteiger partial charge in [0.25, 0.3) is 11.8 Å². The van der Waals surface area contributed by atoms with E-state index in [0.717, 1.165) is 20.9 Å². The maximum absolute atomic E-state index is 13.3. The van der Waals surface area contributed by atoms with Gasteiger partial charge >= 0.3 is 0 Å². The van der Waals surface area contributed by atoms with Crippen molar-refractivity contribution in [2.24, 2.45) is 0 Å². The van der Waals surface area contributed by atoms with Crippen molar-refractivity contribution in [3.8, 4) is 11.5 Å². The molecule has 0 spiro atoms. The fourth-order valence-corrected chi connectivity index (χ4v) is 5.77. The Morgan fingerprint density at radius 1 is 0.889 bits per heavy atom. The summed E-state index contributed by atoms with van der Waals surface area (Å²) in [7, 11) is 1.57. The molecule has 3 amide bonds. The van der Waals surface area contributed by atoms with Crippen LogP contribution >= 0.6 is 23.1 Å². The van der Waals surface area contributed by atoms with Crippen LogP contribution in [0, 0.1) is 0 Å². The van der Waals surface area contributed by atoms with Gasteiger partial charge in [0.1, 0.15) is 17.2 Å². The van der Waals surface area contributed by atoms with Crippen molar-refractivity contribution < 1.29 is 23.9 Å². The third-order valence-electron chi connectivity index (χ3n) is 6.35. The number of aromatic nitrogens is 1. The van der Waals surface area contributed by atoms with Crippen LogP contribution in [0.3, 0.4) is 0 Å². The van der Waals surface area contributed by atoms with Crippen LogP contribution in [0.1, 0.15) is 22.8 Å². The molecule has 3 N–H and O–H groups in total. The Morgan fingerprint density at radius 3 is 2.33 bits per heavy atom. The highest BCUT2D eigenvalue weighted by Gasteiger charge is 2.16. The number of thioether (sulfide) groups is 1. The molecule has 1 heterocycles. The number of carbonyl (C=O) groups is 3. The third-order valence-corrected chi connectivity index (χ3v) is 8.30. The molecule has 0 aliphatic heterocycles. The Kier molecular flexibility index (Phi) is 10.5. The molecule has 0 saturated carbocycles. The number of nitrogens with one attached hydrogen (secondary N) is 3. The second-order valence-electron chi connectivity index (χ2n) is 9.55. The predicted molar refractivity (Wildman–Crippen MR) is 180 cm³/mol. The molecule has 9 nitrogen and oxygen atoms in total. The lowest BCUT2D eigenvalue weighted by Gasteiger charge is -2.12. The van der Waals surface area contributed by atoms with Gasteiger partial charge < -0.3 is 25.4 Å². The normalized spacial score (nSPS) is 11.1. The van der Waals surface area contributed by atoms with E-state index in [1.807, 2.05) is 43.3 Å². The maximum Gasteiger partial charge on any atom is 0.272 e. The molecule has 5 aromatic rings. The van der Waals surface area contributed by atoms with Crippen LogP contribution in [0.25, 0.3) is 16.3 Å². The number of hydrogen-bond donors (Lipinski definition) is 3. The summed E-state index contributed by atoms with van der Waals surface area (Å²) >= 11 is 2.75. The van der Waals surface area contributed by atoms with Gasteiger partial charge in [-0.15, -0.1) is 11.8 Å². The van der Waals surface area contributed by atoms with Gasteiger partial charge in [-0.2, -0.15) is 0 Å². The summed E-state index contributed by atoms with van der Waals surface area (Å²) in [6.07, 6.45) is 1.60. The standard InChI is InChI=1S/C34H30N4O5S2/c1-3-43-26-15-18-28-30(20-26)45-34(37-28)38-31(39)21-44-27-16-11-24(12-17-27)35-33(41)29(19-22-9-13-25(42-2)14-10-22)36-32(40)23-7-5-4-6-8-23/h4-20H,3,21H2,1-2H3,(H,35,41)(H,36,40)(H,37,38,39)/b29-19-. The first-order valence-electron chi connectivity index (χ1n) is 14.0. The molecule has 0 bridgehead atoms. The molecule has 1 aromatic heterocycles. The largest absolute Gasteiger partial charge is 0.497 e. The van der Waals surface area contributed by atoms with Gasteiger partial charge in [0, 0.05) is 16.1 Å². The zero-order valence-electron chi connectivity index (χ0n) is 24.5. The van der Waals surface area contributed by atoms with Crippen LogP contribution in [0.5, 0.6) is 11.5 Å². The van der Waals surface area contributed by atoms with Gasteiger partial charge in [-0.05, 0) is 85.3 Å². The van der Waals surface area contributed by atoms with E-state index in [-0.39, 0.29) is 17.4 Å². The summed E-state index contributed by atoms with van der Waals surface area (Å²) in [5.74, 6) is 0.560. The first-order chi connectivity index (χ1) is 21.9. The highest BCUT2D eigenvalue weighted by molar-refractivity contribution is 8.00. The number of ether oxygens (including phenoxy) is 2. The smallest absolute Gasteiger partial charge is 0.272 e. The summed E-state index contributed by atoms with van der Waals surface area (Å²) in [4.78, 5) is 44.1. The minimum Gasteiger partial charge on any atom is -0.497 e. The fourth-order valence-electron chi connectivity index (χ4n) is 4.16. The second kappa shape index (κ2) is 15.0. The van der Waals surface area contributed by atoms with E-state index in [0.29, 0.717) is 34.3 Å². The maximum atomic E-state index is 13.3. The molecule has 0 radical (unpaired) electrons. The minimum absolute atomic E-state index is 0.0769. The average Bonchev–Trinajstić information content (AvgIpc) is 3.46. The van der Waals surface area contributed by atoms with Crippen LogP contribution in [0.2, 0.25) is 0 Å². The van der Waals surface area contributed by atoms with E-state index in [2.05, 4.69) is 20.9 Å². The lowest BCUT2D eigenvalue weighted by molar-refractivity contribution is -0.114. The first kappa shape index (κ1) is 31.3. The molecule has 11 heteroatoms. The van der Waals surface area contributed by atoms with Gasteiger partial charge in [-0.1, -0.05) is 41.7 Å². The van der Waals surface area contributed by atoms with E-state index in [1.54, 1.807) is 73.8 Å². The Labute approximate surface area is 268 Å². The van der Waals surface area contributed by atoms with E-state index < -0.39 is 11.8 Å². The Morgan fingerprint density at radius 2 is 1.62 bits per heavy atom. The van der Waals surface area contributed by atoms with Crippen LogP contribution in [-0.2, 0) is 9.59 Å². The molecular formula is C34H30N4O5S2. The van der Waals surface area contributed by atoms with Crippen LogP contribution in [0.4, 0.5) is 10.8 Å². The Balaban J connectivity index is 1.20. The third kappa shape index (κ3) is 8.71. The lowest BCUT2D eigenvalue weighted by Crippen LogP contribution is -2.30. The monoisotopic (exact) mass is 638 g/mol. The van der Waals surface area contributed by atoms with Crippen LogP contribution in [0.15, 0.2) is 108 Å². The Bertz CT molecular complexity index is 1820. The van der Waals surface area contributed by atoms with E-state index in [9.17, 15) is 14.4 Å². The summed E-state index contributed by atoms with van der Waals surface area (Å²) in [5.41, 5.74) is 2.54. The van der Waals surface area contributed by atoms with Gasteiger partial charge in [0.05, 0.1) is 29.7 Å². The van der Waals surface area contributed by atoms with Crippen molar-refractivity contribution in [3.63, 3.8) is 0 Å². The summed E-state index contributed by atoms with van der Waals surface area (Å²) < 4.78 is 11.7. The zero-order valence-corrected chi connectivity index (χ0v) is 26.2. The number of nitrogens with zero attached hydrogens (tertiary/aromatic N) is 1. The summed E-state index contributed by atoms with van der Waals surface area (Å²) in [6, 6.07) is 28.5. The van der Waals surface area contributed by atoms with Crippen LogP contribution < -0.4 is 25.4 Å². The minimum atomic E-state index is -0.487. The first-order valence-corrected chi connectivity index (χ1v) is 15.8. The molecule has 0 atom stereocenters. The molecule has 45 heavy (non-hydrogen) atoms. The number of methoxy groups -OCH3 is 1. The van der Waals surface area contributed by atoms with Crippen molar-refractivity contribution in [1.29, 1.82) is 0 Å². The van der Waals surface area contributed by atoms with Crippen molar-refractivity contribution in [2.75, 3.05) is 30.1 Å². The highest BCUT2D eigenvalue weighted by Crippen LogP contribution is 2.30. The molecule has 5 rings (SSSR count). The van der Waals surface area contributed by atoms with Crippen molar-refractivity contribution >= 4 is 67.9 Å². The molecule has 228 valence electrons. The van der Waals surface area contributed by atoms with E-state index >= 15 is 0 Å². The number of fused-ring (bicyclic) bond motifs is 1. The molecule has 0 aliphatic rings. The fraction of sp³-hybridized carbons (Fsp3) is 0.118. The summed E-state index contributed by atoms with van der Waals surface area (Å²) in [6.45, 7) is 2.51. The zero-order chi connectivity index (χ0) is 31.6. The molecule has 0 saturated heterocycles. The molecule has 0 fully saturated rings. The van der Waals surface area contributed by atoms with Crippen molar-refractivity contribution in [2.45, 2.75) is 11.8 Å². The molecular weight excluding hydrogens is 609 g/mol. The van der Waals surface area contributed by atoms with Crippen molar-refractivity contribution in [1.82, 2.24) is 10.3 Å². The van der Waals surface area contributed by atoms with Gasteiger partial charge in [-0.3, -0.25) is 14.4 Å². The number of benzene rings is 4. The van der Waals surface area contributed by atoms with E-state index in [4.69, 9.17) is 9.47 Å². The van der Waals surface area contributed by atoms with Gasteiger partial charge in [0.2, 0.25) is 5.91 Å². The molecule has 0 unspecified atom stereocenters. The predicted octanol–water partition coefficient (Wildman–Crippen LogP) is 6.84. The molecule has 4 aromatic carbocycles. The number of anilines is 2. The number of rotatable bonds is 12. The number of carbonyl (C=O) groups excluding carboxylic acids is 3. The number of amides is 3. The molecule has 0 aliphatic carbocycles. The number of thiazole rings is 1. The van der Waals surface area contributed by atoms with Gasteiger partial charge in [-0.25, -0.2) is 4.98 Å². The van der Waals surface area contributed by atoms with E-state index in [1.165, 1.54) is 23.1 Å². The number of hydrogen-bond acceptors (Lipinski definition) is 8. The average molecular weight is 639 g/mol. The lowest BCUT2D eigenvalue weighted by atomic mass is 10.1. The van der Waals surface area contributed by atoms with Crippen molar-refractivity contribution in [3.05, 3.63) is 114 Å². The SMILES string of the molecule is CCOc1ccc2nc(NC(=O)CSc3ccc(NC(=O)/C(=C/c4ccc(OC)cc4)NC(=O)c4ccccc4)cc3)sc2c1. The van der Waals surface area contributed by atoms with Gasteiger partial charge in [0.15, 0.2) is 5.13 Å².